The highest BCUT2D eigenvalue weighted by Crippen LogP contribution is 2.18. The smallest absolute Gasteiger partial charge is 0.254 e. The van der Waals surface area contributed by atoms with Gasteiger partial charge < -0.3 is 4.90 Å². The summed E-state index contributed by atoms with van der Waals surface area (Å²) in [5.41, 5.74) is 10.3. The maximum atomic E-state index is 12.6. The van der Waals surface area contributed by atoms with E-state index in [4.69, 9.17) is 5.53 Å². The second-order valence-corrected chi connectivity index (χ2v) is 4.62. The summed E-state index contributed by atoms with van der Waals surface area (Å²) in [5, 5.41) is 3.40. The van der Waals surface area contributed by atoms with Crippen LogP contribution in [0.1, 0.15) is 5.56 Å². The minimum Gasteiger partial charge on any atom is -0.304 e. The molecule has 0 atom stereocenters. The molecule has 109 valence electrons. The molecule has 0 aromatic heterocycles. The number of rotatable bonds is 6. The maximum Gasteiger partial charge on any atom is 0.254 e. The normalized spacial score (nSPS) is 9.64. The van der Waals surface area contributed by atoms with Crippen molar-refractivity contribution in [3.8, 4) is 0 Å². The van der Waals surface area contributed by atoms with Gasteiger partial charge in [-0.25, -0.2) is 0 Å². The second-order valence-electron chi connectivity index (χ2n) is 4.62. The molecule has 0 fully saturated rings. The van der Waals surface area contributed by atoms with Crippen molar-refractivity contribution in [3.05, 3.63) is 88.8 Å². The third-order valence-electron chi connectivity index (χ3n) is 3.04. The average molecular weight is 291 g/mol. The molecule has 22 heavy (non-hydrogen) atoms. The number of nitrogens with zero attached hydrogens (tertiary/aromatic N) is 4. The van der Waals surface area contributed by atoms with Gasteiger partial charge in [0, 0.05) is 16.6 Å². The minimum absolute atomic E-state index is 0.0482. The van der Waals surface area contributed by atoms with E-state index >= 15 is 0 Å². The Morgan fingerprint density at radius 1 is 1.23 bits per heavy atom. The number of carbonyl (C=O) groups excluding carboxylic acids is 1. The van der Waals surface area contributed by atoms with Crippen LogP contribution >= 0.6 is 0 Å². The first-order valence-corrected chi connectivity index (χ1v) is 6.73. The van der Waals surface area contributed by atoms with Gasteiger partial charge in [-0.1, -0.05) is 60.2 Å². The summed E-state index contributed by atoms with van der Waals surface area (Å²) in [6.45, 7) is 4.06. The summed E-state index contributed by atoms with van der Waals surface area (Å²) in [6, 6.07) is 19.9. The highest BCUT2D eigenvalue weighted by molar-refractivity contribution is 6.05. The fourth-order valence-electron chi connectivity index (χ4n) is 1.96. The Balaban J connectivity index is 2.27. The summed E-state index contributed by atoms with van der Waals surface area (Å²) in [5.74, 6) is -0.279. The molecule has 1 radical (unpaired) electrons. The molecule has 0 bridgehead atoms. The molecule has 2 rings (SSSR count). The molecule has 2 aromatic carbocycles. The van der Waals surface area contributed by atoms with E-state index in [-0.39, 0.29) is 18.0 Å². The lowest BCUT2D eigenvalue weighted by atomic mass is 10.1. The first kappa shape index (κ1) is 15.4. The van der Waals surface area contributed by atoms with Crippen LogP contribution < -0.4 is 4.90 Å². The minimum atomic E-state index is -0.279. The highest BCUT2D eigenvalue weighted by atomic mass is 16.2. The van der Waals surface area contributed by atoms with E-state index in [0.717, 1.165) is 5.56 Å². The largest absolute Gasteiger partial charge is 0.304 e. The molecule has 5 heteroatoms. The van der Waals surface area contributed by atoms with Crippen LogP contribution in [0.5, 0.6) is 0 Å². The molecule has 0 aliphatic rings. The predicted molar refractivity (Wildman–Crippen MR) is 86.1 cm³/mol. The second kappa shape index (κ2) is 7.67. The highest BCUT2D eigenvalue weighted by Gasteiger charge is 2.18. The Labute approximate surface area is 129 Å². The van der Waals surface area contributed by atoms with Crippen molar-refractivity contribution >= 4 is 11.6 Å². The Bertz CT molecular complexity index is 691. The van der Waals surface area contributed by atoms with Crippen molar-refractivity contribution in [1.82, 2.24) is 0 Å². The van der Waals surface area contributed by atoms with E-state index in [1.165, 1.54) is 0 Å². The molecule has 2 aromatic rings. The molecule has 0 unspecified atom stereocenters. The Morgan fingerprint density at radius 3 is 2.59 bits per heavy atom. The van der Waals surface area contributed by atoms with E-state index in [1.54, 1.807) is 11.0 Å². The van der Waals surface area contributed by atoms with Crippen LogP contribution in [0, 0.1) is 6.07 Å². The van der Waals surface area contributed by atoms with Gasteiger partial charge in [0.25, 0.3) is 5.91 Å². The van der Waals surface area contributed by atoms with E-state index in [2.05, 4.69) is 22.7 Å². The monoisotopic (exact) mass is 291 g/mol. The summed E-state index contributed by atoms with van der Waals surface area (Å²) in [4.78, 5) is 16.8. The van der Waals surface area contributed by atoms with Crippen molar-refractivity contribution < 1.29 is 4.79 Å². The summed E-state index contributed by atoms with van der Waals surface area (Å²) in [6.07, 6.45) is 0. The third-order valence-corrected chi connectivity index (χ3v) is 3.04. The Morgan fingerprint density at radius 2 is 1.95 bits per heavy atom. The fourth-order valence-corrected chi connectivity index (χ4v) is 1.96. The molecule has 0 saturated heterocycles. The van der Waals surface area contributed by atoms with Crippen LogP contribution in [0.15, 0.2) is 71.9 Å². The van der Waals surface area contributed by atoms with E-state index in [0.29, 0.717) is 12.2 Å². The number of amides is 1. The lowest BCUT2D eigenvalue weighted by Gasteiger charge is -2.23. The van der Waals surface area contributed by atoms with Crippen LogP contribution in [-0.2, 0) is 11.3 Å². The molecule has 0 spiro atoms. The van der Waals surface area contributed by atoms with Gasteiger partial charge in [-0.2, -0.15) is 0 Å². The lowest BCUT2D eigenvalue weighted by Crippen LogP contribution is -2.32. The van der Waals surface area contributed by atoms with Crippen molar-refractivity contribution in [3.63, 3.8) is 0 Å². The predicted octanol–water partition coefficient (Wildman–Crippen LogP) is 3.89. The number of anilines is 1. The molecular weight excluding hydrogens is 276 g/mol. The van der Waals surface area contributed by atoms with Crippen LogP contribution in [0.25, 0.3) is 10.4 Å². The van der Waals surface area contributed by atoms with E-state index in [9.17, 15) is 4.79 Å². The molecule has 0 N–H and O–H groups in total. The zero-order chi connectivity index (χ0) is 15.8. The first-order valence-electron chi connectivity index (χ1n) is 6.73. The van der Waals surface area contributed by atoms with Gasteiger partial charge in [0.2, 0.25) is 0 Å². The molecule has 0 aliphatic carbocycles. The molecular formula is C17H15N4O. The fraction of sp³-hybridized carbons (Fsp3) is 0.118. The SMILES string of the molecule is C=C(CN=[N+]=[N-])C(=O)N(Cc1ccccc1)c1[c]cccc1. The Kier molecular flexibility index (Phi) is 5.35. The Hall–Kier alpha value is -3.04. The van der Waals surface area contributed by atoms with Crippen LogP contribution in [0.2, 0.25) is 0 Å². The summed E-state index contributed by atoms with van der Waals surface area (Å²) in [7, 11) is 0. The molecule has 5 nitrogen and oxygen atoms in total. The van der Waals surface area contributed by atoms with Gasteiger partial charge in [-0.15, -0.1) is 0 Å². The molecule has 0 saturated carbocycles. The number of benzene rings is 2. The number of azide groups is 1. The zero-order valence-corrected chi connectivity index (χ0v) is 12.0. The van der Waals surface area contributed by atoms with Crippen LogP contribution in [-0.4, -0.2) is 12.5 Å². The van der Waals surface area contributed by atoms with Crippen LogP contribution in [0.3, 0.4) is 0 Å². The van der Waals surface area contributed by atoms with Crippen molar-refractivity contribution in [1.29, 1.82) is 0 Å². The van der Waals surface area contributed by atoms with E-state index < -0.39 is 0 Å². The maximum absolute atomic E-state index is 12.6. The standard InChI is InChI=1S/C17H15N4O/c1-14(12-19-20-18)17(22)21(16-10-6-3-7-11-16)13-15-8-4-2-5-9-15/h2-10H,1,12-13H2. The summed E-state index contributed by atoms with van der Waals surface area (Å²) < 4.78 is 0. The molecule has 0 aliphatic heterocycles. The van der Waals surface area contributed by atoms with Gasteiger partial charge in [0.15, 0.2) is 0 Å². The first-order chi connectivity index (χ1) is 10.7. The van der Waals surface area contributed by atoms with Gasteiger partial charge in [-0.3, -0.25) is 4.79 Å². The quantitative estimate of drug-likeness (QED) is 0.344. The van der Waals surface area contributed by atoms with Gasteiger partial charge >= 0.3 is 0 Å². The number of para-hydroxylation sites is 1. The van der Waals surface area contributed by atoms with E-state index in [1.807, 2.05) is 48.5 Å². The van der Waals surface area contributed by atoms with Crippen LogP contribution in [0.4, 0.5) is 5.69 Å². The van der Waals surface area contributed by atoms with Crippen molar-refractivity contribution in [2.45, 2.75) is 6.54 Å². The van der Waals surface area contributed by atoms with Gasteiger partial charge in [0.05, 0.1) is 18.8 Å². The zero-order valence-electron chi connectivity index (χ0n) is 12.0. The molecule has 0 heterocycles. The molecule has 1 amide bonds. The van der Waals surface area contributed by atoms with Gasteiger partial charge in [0.1, 0.15) is 0 Å². The average Bonchev–Trinajstić information content (AvgIpc) is 2.58. The summed E-state index contributed by atoms with van der Waals surface area (Å²) >= 11 is 0. The number of carbonyl (C=O) groups is 1. The number of hydrogen-bond donors (Lipinski definition) is 0. The topological polar surface area (TPSA) is 69.1 Å². The van der Waals surface area contributed by atoms with Crippen molar-refractivity contribution in [2.75, 3.05) is 11.4 Å². The number of hydrogen-bond acceptors (Lipinski definition) is 2. The van der Waals surface area contributed by atoms with Crippen molar-refractivity contribution in [2.24, 2.45) is 5.11 Å². The third kappa shape index (κ3) is 3.98. The van der Waals surface area contributed by atoms with Gasteiger partial charge in [-0.05, 0) is 17.2 Å². The lowest BCUT2D eigenvalue weighted by molar-refractivity contribution is -0.115.